The number of piperidine rings is 1. The molecule has 0 saturated carbocycles. The Morgan fingerprint density at radius 3 is 2.79 bits per heavy atom. The number of nitrogens with zero attached hydrogens (tertiary/aromatic N) is 1. The molecule has 1 unspecified atom stereocenters. The van der Waals surface area contributed by atoms with Crippen LogP contribution in [-0.2, 0) is 6.54 Å². The number of thiocarbonyl (C=S) groups is 1. The van der Waals surface area contributed by atoms with Gasteiger partial charge in [-0.1, -0.05) is 30.7 Å². The molecule has 1 fully saturated rings. The van der Waals surface area contributed by atoms with E-state index in [4.69, 9.17) is 23.8 Å². The fraction of sp³-hybridized carbons (Fsp3) is 0.533. The molecule has 1 aliphatic rings. The molecule has 1 atom stereocenters. The van der Waals surface area contributed by atoms with Crippen LogP contribution < -0.4 is 5.32 Å². The Bertz CT molecular complexity index is 419. The van der Waals surface area contributed by atoms with Crippen LogP contribution in [0, 0.1) is 0 Å². The Morgan fingerprint density at radius 2 is 2.11 bits per heavy atom. The molecule has 0 radical (unpaired) electrons. The van der Waals surface area contributed by atoms with E-state index in [-0.39, 0.29) is 0 Å². The minimum absolute atomic E-state index is 0.610. The smallest absolute Gasteiger partial charge is 0.169 e. The van der Waals surface area contributed by atoms with E-state index in [1.807, 2.05) is 24.3 Å². The molecule has 1 N–H and O–H groups in total. The van der Waals surface area contributed by atoms with Gasteiger partial charge in [-0.05, 0) is 55.6 Å². The van der Waals surface area contributed by atoms with Crippen LogP contribution in [-0.4, -0.2) is 22.6 Å². The molecule has 104 valence electrons. The summed E-state index contributed by atoms with van der Waals surface area (Å²) in [7, 11) is 0. The Balaban J connectivity index is 1.87. The maximum Gasteiger partial charge on any atom is 0.169 e. The lowest BCUT2D eigenvalue weighted by molar-refractivity contribution is 0.233. The quantitative estimate of drug-likeness (QED) is 0.850. The van der Waals surface area contributed by atoms with E-state index in [0.717, 1.165) is 23.2 Å². The first-order chi connectivity index (χ1) is 9.20. The Kier molecular flexibility index (Phi) is 5.46. The molecule has 1 aliphatic heterocycles. The lowest BCUT2D eigenvalue weighted by Crippen LogP contribution is -2.48. The van der Waals surface area contributed by atoms with Gasteiger partial charge in [0.05, 0.1) is 0 Å². The van der Waals surface area contributed by atoms with Crippen molar-refractivity contribution in [3.05, 3.63) is 34.9 Å². The normalized spacial score (nSPS) is 19.3. The van der Waals surface area contributed by atoms with E-state index in [2.05, 4.69) is 17.1 Å². The third kappa shape index (κ3) is 4.08. The molecule has 0 spiro atoms. The predicted octanol–water partition coefficient (Wildman–Crippen LogP) is 3.98. The van der Waals surface area contributed by atoms with Crippen LogP contribution in [0.25, 0.3) is 0 Å². The summed E-state index contributed by atoms with van der Waals surface area (Å²) in [6.45, 7) is 4.10. The second-order valence-electron chi connectivity index (χ2n) is 5.04. The minimum Gasteiger partial charge on any atom is -0.358 e. The zero-order chi connectivity index (χ0) is 13.7. The van der Waals surface area contributed by atoms with Crippen molar-refractivity contribution in [1.29, 1.82) is 0 Å². The number of halogens is 1. The van der Waals surface area contributed by atoms with Crippen molar-refractivity contribution in [3.8, 4) is 0 Å². The van der Waals surface area contributed by atoms with Crippen molar-refractivity contribution in [2.45, 2.75) is 45.2 Å². The molecule has 1 heterocycles. The van der Waals surface area contributed by atoms with Gasteiger partial charge in [-0.25, -0.2) is 0 Å². The van der Waals surface area contributed by atoms with Crippen molar-refractivity contribution in [2.75, 3.05) is 6.54 Å². The maximum atomic E-state index is 5.88. The highest BCUT2D eigenvalue weighted by molar-refractivity contribution is 7.80. The monoisotopic (exact) mass is 296 g/mol. The highest BCUT2D eigenvalue weighted by atomic mass is 35.5. The van der Waals surface area contributed by atoms with Crippen LogP contribution in [0.3, 0.4) is 0 Å². The fourth-order valence-corrected chi connectivity index (χ4v) is 3.01. The van der Waals surface area contributed by atoms with Crippen LogP contribution >= 0.6 is 23.8 Å². The van der Waals surface area contributed by atoms with Crippen molar-refractivity contribution in [1.82, 2.24) is 10.2 Å². The molecule has 0 aliphatic carbocycles. The van der Waals surface area contributed by atoms with Gasteiger partial charge in [0.25, 0.3) is 0 Å². The van der Waals surface area contributed by atoms with Crippen molar-refractivity contribution < 1.29 is 0 Å². The maximum absolute atomic E-state index is 5.88. The van der Waals surface area contributed by atoms with E-state index in [1.165, 1.54) is 31.2 Å². The van der Waals surface area contributed by atoms with E-state index in [9.17, 15) is 0 Å². The summed E-state index contributed by atoms with van der Waals surface area (Å²) >= 11 is 11.4. The van der Waals surface area contributed by atoms with Crippen LogP contribution in [0.1, 0.15) is 38.2 Å². The SMILES string of the molecule is CCC1CCCCN1C(=S)NCc1ccc(Cl)cc1. The van der Waals surface area contributed by atoms with E-state index >= 15 is 0 Å². The first-order valence-corrected chi connectivity index (χ1v) is 7.78. The second-order valence-corrected chi connectivity index (χ2v) is 5.86. The van der Waals surface area contributed by atoms with Gasteiger partial charge in [0, 0.05) is 24.2 Å². The van der Waals surface area contributed by atoms with Crippen LogP contribution in [0.2, 0.25) is 5.02 Å². The third-order valence-electron chi connectivity index (χ3n) is 3.72. The molecule has 1 aromatic carbocycles. The largest absolute Gasteiger partial charge is 0.358 e. The van der Waals surface area contributed by atoms with Gasteiger partial charge in [-0.2, -0.15) is 0 Å². The highest BCUT2D eigenvalue weighted by Gasteiger charge is 2.22. The molecule has 1 aromatic rings. The summed E-state index contributed by atoms with van der Waals surface area (Å²) in [6, 6.07) is 8.50. The summed E-state index contributed by atoms with van der Waals surface area (Å²) in [5, 5.41) is 5.03. The zero-order valence-electron chi connectivity index (χ0n) is 11.4. The molecule has 2 nitrogen and oxygen atoms in total. The summed E-state index contributed by atoms with van der Waals surface area (Å²) in [4.78, 5) is 2.36. The van der Waals surface area contributed by atoms with Gasteiger partial charge >= 0.3 is 0 Å². The highest BCUT2D eigenvalue weighted by Crippen LogP contribution is 2.19. The molecule has 0 aromatic heterocycles. The average molecular weight is 297 g/mol. The fourth-order valence-electron chi connectivity index (χ4n) is 2.57. The van der Waals surface area contributed by atoms with E-state index in [1.54, 1.807) is 0 Å². The lowest BCUT2D eigenvalue weighted by Gasteiger charge is -2.37. The number of benzene rings is 1. The lowest BCUT2D eigenvalue weighted by atomic mass is 10.0. The number of nitrogens with one attached hydrogen (secondary N) is 1. The zero-order valence-corrected chi connectivity index (χ0v) is 12.9. The van der Waals surface area contributed by atoms with Crippen molar-refractivity contribution in [3.63, 3.8) is 0 Å². The van der Waals surface area contributed by atoms with Crippen molar-refractivity contribution in [2.24, 2.45) is 0 Å². The average Bonchev–Trinajstić information content (AvgIpc) is 2.46. The number of hydrogen-bond acceptors (Lipinski definition) is 1. The predicted molar refractivity (Wildman–Crippen MR) is 85.5 cm³/mol. The molecule has 2 rings (SSSR count). The van der Waals surface area contributed by atoms with Crippen LogP contribution in [0.4, 0.5) is 0 Å². The molecule has 0 bridgehead atoms. The summed E-state index contributed by atoms with van der Waals surface area (Å²) in [5.74, 6) is 0. The second kappa shape index (κ2) is 7.11. The van der Waals surface area contributed by atoms with Gasteiger partial charge in [0.1, 0.15) is 0 Å². The topological polar surface area (TPSA) is 15.3 Å². The first-order valence-electron chi connectivity index (χ1n) is 6.99. The molecule has 19 heavy (non-hydrogen) atoms. The van der Waals surface area contributed by atoms with Gasteiger partial charge in [0.15, 0.2) is 5.11 Å². The molecular weight excluding hydrogens is 276 g/mol. The van der Waals surface area contributed by atoms with Crippen molar-refractivity contribution >= 4 is 28.9 Å². The Hall–Kier alpha value is -0.800. The van der Waals surface area contributed by atoms with Gasteiger partial charge in [-0.3, -0.25) is 0 Å². The molecule has 1 saturated heterocycles. The minimum atomic E-state index is 0.610. The van der Waals surface area contributed by atoms with Gasteiger partial charge in [-0.15, -0.1) is 0 Å². The van der Waals surface area contributed by atoms with Crippen LogP contribution in [0.5, 0.6) is 0 Å². The van der Waals surface area contributed by atoms with E-state index < -0.39 is 0 Å². The number of rotatable bonds is 3. The first kappa shape index (κ1) is 14.6. The van der Waals surface area contributed by atoms with Gasteiger partial charge in [0.2, 0.25) is 0 Å². The third-order valence-corrected chi connectivity index (χ3v) is 4.35. The standard InChI is InChI=1S/C15H21ClN2S/c1-2-14-5-3-4-10-18(14)15(19)17-11-12-6-8-13(16)9-7-12/h6-9,14H,2-5,10-11H2,1H3,(H,17,19). The summed E-state index contributed by atoms with van der Waals surface area (Å²) < 4.78 is 0. The van der Waals surface area contributed by atoms with E-state index in [0.29, 0.717) is 6.04 Å². The number of likely N-dealkylation sites (tertiary alicyclic amines) is 1. The summed E-state index contributed by atoms with van der Waals surface area (Å²) in [5.41, 5.74) is 1.21. The molecular formula is C15H21ClN2S. The molecule has 4 heteroatoms. The van der Waals surface area contributed by atoms with Crippen LogP contribution in [0.15, 0.2) is 24.3 Å². The molecule has 0 amide bonds. The van der Waals surface area contributed by atoms with Gasteiger partial charge < -0.3 is 10.2 Å². The number of hydrogen-bond donors (Lipinski definition) is 1. The Morgan fingerprint density at radius 1 is 1.37 bits per heavy atom. The Labute approximate surface area is 126 Å². The summed E-state index contributed by atoms with van der Waals surface area (Å²) in [6.07, 6.45) is 5.01.